The summed E-state index contributed by atoms with van der Waals surface area (Å²) < 4.78 is 0. The van der Waals surface area contributed by atoms with E-state index in [-0.39, 0.29) is 17.7 Å². The summed E-state index contributed by atoms with van der Waals surface area (Å²) in [5.41, 5.74) is 4.05. The smallest absolute Gasteiger partial charge is 0.274 e. The molecule has 5 heteroatoms. The second kappa shape index (κ2) is 6.22. The molecule has 1 aromatic rings. The summed E-state index contributed by atoms with van der Waals surface area (Å²) in [6.45, 7) is 9.73. The van der Waals surface area contributed by atoms with Gasteiger partial charge in [-0.2, -0.15) is 0 Å². The van der Waals surface area contributed by atoms with E-state index in [2.05, 4.69) is 10.2 Å². The normalized spacial score (nSPS) is 19.5. The lowest BCUT2D eigenvalue weighted by atomic mass is 9.95. The van der Waals surface area contributed by atoms with Gasteiger partial charge in [-0.3, -0.25) is 14.5 Å². The van der Waals surface area contributed by atoms with E-state index in [1.54, 1.807) is 13.8 Å². The summed E-state index contributed by atoms with van der Waals surface area (Å²) in [5.74, 6) is -0.770. The van der Waals surface area contributed by atoms with Crippen molar-refractivity contribution in [3.8, 4) is 0 Å². The van der Waals surface area contributed by atoms with Crippen molar-refractivity contribution in [3.63, 3.8) is 0 Å². The number of benzene rings is 1. The van der Waals surface area contributed by atoms with Gasteiger partial charge in [0, 0.05) is 12.1 Å². The molecule has 1 N–H and O–H groups in total. The number of likely N-dealkylation sites (N-methyl/N-ethyl adjacent to an activating group) is 1. The number of carbonyl (C=O) groups excluding carboxylic acids is 2. The maximum absolute atomic E-state index is 12.4. The number of hydrogen-bond acceptors (Lipinski definition) is 3. The topological polar surface area (TPSA) is 63.7 Å². The van der Waals surface area contributed by atoms with Gasteiger partial charge in [0.2, 0.25) is 5.91 Å². The number of aryl methyl sites for hydroxylation is 2. The number of hydrogen-bond donors (Lipinski definition) is 1. The fourth-order valence-corrected chi connectivity index (χ4v) is 2.43. The van der Waals surface area contributed by atoms with Crippen LogP contribution in [0.2, 0.25) is 0 Å². The Morgan fingerprint density at radius 3 is 2.55 bits per heavy atom. The minimum absolute atomic E-state index is 0.151. The first-order valence-electron chi connectivity index (χ1n) is 7.47. The highest BCUT2D eigenvalue weighted by Crippen LogP contribution is 2.22. The molecule has 1 atom stereocenters. The molecule has 0 bridgehead atoms. The van der Waals surface area contributed by atoms with E-state index in [1.165, 1.54) is 4.90 Å². The molecule has 22 heavy (non-hydrogen) atoms. The quantitative estimate of drug-likeness (QED) is 0.683. The van der Waals surface area contributed by atoms with E-state index in [1.807, 2.05) is 39.0 Å². The van der Waals surface area contributed by atoms with Crippen LogP contribution < -0.4 is 5.11 Å². The molecule has 1 heterocycles. The van der Waals surface area contributed by atoms with E-state index >= 15 is 0 Å². The Kier molecular flexibility index (Phi) is 4.54. The Balaban J connectivity index is 2.42. The standard InChI is InChI=1S/C17H21N3O2/c1-6-20-16(21)13(5)12(4)15(17(20)22)19-18-14-9-10(2)7-8-11(14)3/h7-9,13H,6H2,1-5H3/p+1. The Morgan fingerprint density at radius 2 is 1.91 bits per heavy atom. The summed E-state index contributed by atoms with van der Waals surface area (Å²) >= 11 is 0. The minimum Gasteiger partial charge on any atom is -0.274 e. The van der Waals surface area contributed by atoms with Gasteiger partial charge in [0.25, 0.3) is 5.70 Å². The molecular formula is C17H22N3O2+. The highest BCUT2D eigenvalue weighted by molar-refractivity contribution is 6.07. The third kappa shape index (κ3) is 2.84. The maximum Gasteiger partial charge on any atom is 0.327 e. The molecule has 1 aliphatic heterocycles. The Morgan fingerprint density at radius 1 is 1.23 bits per heavy atom. The zero-order valence-corrected chi connectivity index (χ0v) is 13.7. The van der Waals surface area contributed by atoms with Gasteiger partial charge in [-0.25, -0.2) is 0 Å². The first-order chi connectivity index (χ1) is 10.4. The van der Waals surface area contributed by atoms with Crippen LogP contribution in [0.4, 0.5) is 5.69 Å². The average Bonchev–Trinajstić information content (AvgIpc) is 2.49. The molecule has 5 nitrogen and oxygen atoms in total. The van der Waals surface area contributed by atoms with E-state index in [0.29, 0.717) is 12.2 Å². The van der Waals surface area contributed by atoms with E-state index < -0.39 is 0 Å². The number of nitrogens with zero attached hydrogens (tertiary/aromatic N) is 2. The van der Waals surface area contributed by atoms with Crippen molar-refractivity contribution in [2.75, 3.05) is 6.54 Å². The molecule has 1 aliphatic rings. The maximum atomic E-state index is 12.4. The zero-order valence-electron chi connectivity index (χ0n) is 13.7. The van der Waals surface area contributed by atoms with Crippen molar-refractivity contribution in [1.29, 1.82) is 0 Å². The minimum atomic E-state index is -0.311. The number of carbonyl (C=O) groups is 2. The van der Waals surface area contributed by atoms with Gasteiger partial charge in [0.15, 0.2) is 0 Å². The molecule has 0 aromatic heterocycles. The Labute approximate surface area is 130 Å². The number of nitrogens with one attached hydrogen (secondary N) is 1. The summed E-state index contributed by atoms with van der Waals surface area (Å²) in [6, 6.07) is 5.96. The van der Waals surface area contributed by atoms with Crippen LogP contribution >= 0.6 is 0 Å². The van der Waals surface area contributed by atoms with Crippen LogP contribution in [0, 0.1) is 19.8 Å². The Bertz CT molecular complexity index is 689. The number of azo groups is 1. The predicted octanol–water partition coefficient (Wildman–Crippen LogP) is 1.77. The summed E-state index contributed by atoms with van der Waals surface area (Å²) in [5, 5.41) is 7.23. The molecule has 116 valence electrons. The molecule has 1 aromatic carbocycles. The number of amides is 2. The Hall–Kier alpha value is -2.30. The van der Waals surface area contributed by atoms with E-state index in [0.717, 1.165) is 22.4 Å². The predicted molar refractivity (Wildman–Crippen MR) is 83.2 cm³/mol. The van der Waals surface area contributed by atoms with Crippen LogP contribution in [-0.4, -0.2) is 23.3 Å². The van der Waals surface area contributed by atoms with Crippen LogP contribution in [0.25, 0.3) is 0 Å². The molecule has 0 fully saturated rings. The second-order valence-corrected chi connectivity index (χ2v) is 5.68. The number of imide groups is 1. The molecule has 1 unspecified atom stereocenters. The lowest BCUT2D eigenvalue weighted by Gasteiger charge is -2.26. The molecule has 0 saturated carbocycles. The van der Waals surface area contributed by atoms with Gasteiger partial charge in [-0.05, 0) is 56.9 Å². The van der Waals surface area contributed by atoms with Gasteiger partial charge < -0.3 is 0 Å². The molecule has 0 radical (unpaired) electrons. The zero-order chi connectivity index (χ0) is 16.4. The lowest BCUT2D eigenvalue weighted by Crippen LogP contribution is -2.70. The molecule has 0 aliphatic carbocycles. The first kappa shape index (κ1) is 16.1. The van der Waals surface area contributed by atoms with Crippen LogP contribution in [0.1, 0.15) is 31.9 Å². The van der Waals surface area contributed by atoms with Crippen molar-refractivity contribution in [3.05, 3.63) is 40.6 Å². The molecule has 2 rings (SSSR count). The van der Waals surface area contributed by atoms with Crippen molar-refractivity contribution in [2.45, 2.75) is 34.6 Å². The largest absolute Gasteiger partial charge is 0.327 e. The van der Waals surface area contributed by atoms with Crippen molar-refractivity contribution in [1.82, 2.24) is 4.90 Å². The van der Waals surface area contributed by atoms with Crippen LogP contribution in [-0.2, 0) is 9.59 Å². The van der Waals surface area contributed by atoms with Gasteiger partial charge in [-0.15, -0.1) is 0 Å². The summed E-state index contributed by atoms with van der Waals surface area (Å²) in [7, 11) is 0. The average molecular weight is 300 g/mol. The SMILES string of the molecule is CCN1C(=O)C([NH+]=Nc2cc(C)ccc2C)=C(C)C(C)C1=O. The summed E-state index contributed by atoms with van der Waals surface area (Å²) in [4.78, 5) is 25.8. The van der Waals surface area contributed by atoms with Crippen molar-refractivity contribution in [2.24, 2.45) is 11.0 Å². The van der Waals surface area contributed by atoms with Gasteiger partial charge >= 0.3 is 5.91 Å². The highest BCUT2D eigenvalue weighted by Gasteiger charge is 2.39. The lowest BCUT2D eigenvalue weighted by molar-refractivity contribution is -0.469. The highest BCUT2D eigenvalue weighted by atomic mass is 16.2. The van der Waals surface area contributed by atoms with Gasteiger partial charge in [0.05, 0.1) is 5.92 Å². The molecular weight excluding hydrogens is 278 g/mol. The van der Waals surface area contributed by atoms with Crippen LogP contribution in [0.5, 0.6) is 0 Å². The molecule has 0 saturated heterocycles. The monoisotopic (exact) mass is 300 g/mol. The summed E-state index contributed by atoms with van der Waals surface area (Å²) in [6.07, 6.45) is 0. The number of rotatable bonds is 3. The van der Waals surface area contributed by atoms with Gasteiger partial charge in [0.1, 0.15) is 5.69 Å². The van der Waals surface area contributed by atoms with Crippen LogP contribution in [0.3, 0.4) is 0 Å². The fourth-order valence-electron chi connectivity index (χ4n) is 2.43. The van der Waals surface area contributed by atoms with Gasteiger partial charge in [-0.1, -0.05) is 17.2 Å². The second-order valence-electron chi connectivity index (χ2n) is 5.68. The molecule has 2 amide bonds. The van der Waals surface area contributed by atoms with Crippen molar-refractivity contribution < 1.29 is 14.7 Å². The third-order valence-electron chi connectivity index (χ3n) is 4.11. The van der Waals surface area contributed by atoms with E-state index in [4.69, 9.17) is 0 Å². The van der Waals surface area contributed by atoms with Crippen LogP contribution in [0.15, 0.2) is 34.6 Å². The fraction of sp³-hybridized carbons (Fsp3) is 0.412. The molecule has 0 spiro atoms. The third-order valence-corrected chi connectivity index (χ3v) is 4.11. The van der Waals surface area contributed by atoms with Crippen molar-refractivity contribution >= 4 is 17.5 Å². The first-order valence-corrected chi connectivity index (χ1v) is 7.47. The van der Waals surface area contributed by atoms with E-state index in [9.17, 15) is 9.59 Å².